The highest BCUT2D eigenvalue weighted by atomic mass is 16.4. The quantitative estimate of drug-likeness (QED) is 0.0839. The summed E-state index contributed by atoms with van der Waals surface area (Å²) in [6.07, 6.45) is 2.98. The smallest absolute Gasteiger partial charge is 0.326 e. The number of nitrogens with two attached hydrogens (primary N) is 4. The van der Waals surface area contributed by atoms with Crippen molar-refractivity contribution in [1.82, 2.24) is 25.9 Å². The molecule has 0 bridgehead atoms. The first-order valence-corrected chi connectivity index (χ1v) is 11.6. The van der Waals surface area contributed by atoms with Crippen LogP contribution < -0.4 is 38.9 Å². The van der Waals surface area contributed by atoms with E-state index in [1.807, 2.05) is 0 Å². The Hall–Kier alpha value is -4.05. The van der Waals surface area contributed by atoms with Gasteiger partial charge in [0, 0.05) is 24.7 Å². The topological polar surface area (TPSA) is 292 Å². The first-order valence-electron chi connectivity index (χ1n) is 11.6. The molecule has 5 amide bonds. The fourth-order valence-electron chi connectivity index (χ4n) is 3.24. The third-order valence-electron chi connectivity index (χ3n) is 5.25. The van der Waals surface area contributed by atoms with Gasteiger partial charge in [-0.2, -0.15) is 0 Å². The molecule has 0 saturated carbocycles. The average Bonchev–Trinajstić information content (AvgIpc) is 3.33. The average molecular weight is 526 g/mol. The number of carbonyl (C=O) groups is 6. The van der Waals surface area contributed by atoms with Crippen molar-refractivity contribution in [2.75, 3.05) is 6.54 Å². The second kappa shape index (κ2) is 15.8. The monoisotopic (exact) mass is 525 g/mol. The number of rotatable bonds is 18. The highest BCUT2D eigenvalue weighted by molar-refractivity contribution is 5.95. The second-order valence-corrected chi connectivity index (χ2v) is 8.37. The third kappa shape index (κ3) is 12.0. The molecule has 1 heterocycles. The van der Waals surface area contributed by atoms with Gasteiger partial charge in [-0.1, -0.05) is 0 Å². The maximum atomic E-state index is 13.2. The van der Waals surface area contributed by atoms with Gasteiger partial charge in [-0.3, -0.25) is 24.0 Å². The predicted molar refractivity (Wildman–Crippen MR) is 129 cm³/mol. The van der Waals surface area contributed by atoms with Crippen LogP contribution in [0.1, 0.15) is 44.2 Å². The van der Waals surface area contributed by atoms with Crippen molar-refractivity contribution in [3.05, 3.63) is 18.2 Å². The van der Waals surface area contributed by atoms with E-state index in [1.165, 1.54) is 12.5 Å². The van der Waals surface area contributed by atoms with Crippen molar-refractivity contribution in [3.8, 4) is 0 Å². The summed E-state index contributed by atoms with van der Waals surface area (Å²) in [5.74, 6) is -5.40. The zero-order valence-corrected chi connectivity index (χ0v) is 20.3. The molecule has 13 N–H and O–H groups in total. The van der Waals surface area contributed by atoms with Gasteiger partial charge in [-0.05, 0) is 32.2 Å². The molecule has 206 valence electrons. The molecule has 0 aliphatic carbocycles. The normalized spacial score (nSPS) is 14.0. The zero-order chi connectivity index (χ0) is 28.0. The first kappa shape index (κ1) is 31.0. The van der Waals surface area contributed by atoms with E-state index in [4.69, 9.17) is 22.9 Å². The molecule has 0 saturated heterocycles. The number of H-pyrrole nitrogens is 1. The van der Waals surface area contributed by atoms with E-state index in [1.54, 1.807) is 0 Å². The summed E-state index contributed by atoms with van der Waals surface area (Å²) in [5.41, 5.74) is 21.9. The predicted octanol–water partition coefficient (Wildman–Crippen LogP) is -3.91. The van der Waals surface area contributed by atoms with Gasteiger partial charge in [0.25, 0.3) is 0 Å². The number of amides is 5. The molecule has 0 fully saturated rings. The lowest BCUT2D eigenvalue weighted by Crippen LogP contribution is -2.57. The van der Waals surface area contributed by atoms with E-state index < -0.39 is 66.1 Å². The van der Waals surface area contributed by atoms with Gasteiger partial charge in [0.2, 0.25) is 29.5 Å². The van der Waals surface area contributed by atoms with E-state index in [2.05, 4.69) is 25.9 Å². The molecule has 37 heavy (non-hydrogen) atoms. The van der Waals surface area contributed by atoms with Crippen LogP contribution in [0.15, 0.2) is 12.5 Å². The minimum Gasteiger partial charge on any atom is -0.480 e. The molecule has 0 aromatic carbocycles. The Morgan fingerprint density at radius 3 is 2.05 bits per heavy atom. The maximum absolute atomic E-state index is 13.2. The summed E-state index contributed by atoms with van der Waals surface area (Å²) in [5, 5.41) is 16.5. The van der Waals surface area contributed by atoms with Gasteiger partial charge in [-0.15, -0.1) is 0 Å². The number of hydrogen-bond acceptors (Lipinski definition) is 9. The van der Waals surface area contributed by atoms with Gasteiger partial charge in [0.1, 0.15) is 18.1 Å². The van der Waals surface area contributed by atoms with E-state index in [9.17, 15) is 33.9 Å². The van der Waals surface area contributed by atoms with Crippen molar-refractivity contribution in [3.63, 3.8) is 0 Å². The third-order valence-corrected chi connectivity index (χ3v) is 5.25. The van der Waals surface area contributed by atoms with Crippen LogP contribution in [-0.2, 0) is 35.2 Å². The number of imidazole rings is 1. The number of hydrogen-bond donors (Lipinski definition) is 9. The molecule has 1 aromatic rings. The Kier molecular flexibility index (Phi) is 13.3. The second-order valence-electron chi connectivity index (χ2n) is 8.37. The number of primary amides is 2. The molecule has 16 heteroatoms. The SMILES string of the molecule is NCCCCC(NC(=O)C(Cc1cnc[nH]1)NC(=O)C(N)CCC(N)=O)C(=O)NC(CC(N)=O)C(=O)O. The Morgan fingerprint density at radius 2 is 1.51 bits per heavy atom. The molecule has 1 aromatic heterocycles. The molecule has 0 spiro atoms. The van der Waals surface area contributed by atoms with E-state index in [-0.39, 0.29) is 25.7 Å². The summed E-state index contributed by atoms with van der Waals surface area (Å²) < 4.78 is 0. The van der Waals surface area contributed by atoms with Crippen molar-refractivity contribution in [2.45, 2.75) is 69.1 Å². The van der Waals surface area contributed by atoms with E-state index in [0.717, 1.165) is 0 Å². The summed E-state index contributed by atoms with van der Waals surface area (Å²) in [7, 11) is 0. The van der Waals surface area contributed by atoms with Crippen LogP contribution in [0, 0.1) is 0 Å². The molecule has 1 rings (SSSR count). The summed E-state index contributed by atoms with van der Waals surface area (Å²) in [6.45, 7) is 0.323. The summed E-state index contributed by atoms with van der Waals surface area (Å²) in [6, 6.07) is -5.14. The summed E-state index contributed by atoms with van der Waals surface area (Å²) >= 11 is 0. The van der Waals surface area contributed by atoms with E-state index in [0.29, 0.717) is 25.1 Å². The van der Waals surface area contributed by atoms with Crippen molar-refractivity contribution in [1.29, 1.82) is 0 Å². The number of aromatic amines is 1. The minimum absolute atomic E-state index is 0.0415. The van der Waals surface area contributed by atoms with Crippen LogP contribution in [0.3, 0.4) is 0 Å². The fourth-order valence-corrected chi connectivity index (χ4v) is 3.24. The van der Waals surface area contributed by atoms with Crippen molar-refractivity contribution >= 4 is 35.5 Å². The number of carbonyl (C=O) groups excluding carboxylic acids is 5. The van der Waals surface area contributed by atoms with Gasteiger partial charge in [0.15, 0.2) is 0 Å². The van der Waals surface area contributed by atoms with E-state index >= 15 is 0 Å². The summed E-state index contributed by atoms with van der Waals surface area (Å²) in [4.78, 5) is 78.8. The molecule has 0 aliphatic heterocycles. The zero-order valence-electron chi connectivity index (χ0n) is 20.3. The Bertz CT molecular complexity index is 939. The first-order chi connectivity index (χ1) is 17.4. The highest BCUT2D eigenvalue weighted by Gasteiger charge is 2.31. The van der Waals surface area contributed by atoms with Crippen LogP contribution in [0.2, 0.25) is 0 Å². The number of nitrogens with one attached hydrogen (secondary N) is 4. The largest absolute Gasteiger partial charge is 0.480 e. The molecule has 0 radical (unpaired) electrons. The number of carboxylic acid groups (broad SMARTS) is 1. The fraction of sp³-hybridized carbons (Fsp3) is 0.571. The lowest BCUT2D eigenvalue weighted by molar-refractivity contribution is -0.143. The Labute approximate surface area is 212 Å². The van der Waals surface area contributed by atoms with Crippen LogP contribution in [0.5, 0.6) is 0 Å². The van der Waals surface area contributed by atoms with Gasteiger partial charge < -0.3 is 49.0 Å². The van der Waals surface area contributed by atoms with Crippen molar-refractivity contribution in [2.24, 2.45) is 22.9 Å². The maximum Gasteiger partial charge on any atom is 0.326 e. The Morgan fingerprint density at radius 1 is 0.892 bits per heavy atom. The molecule has 4 atom stereocenters. The highest BCUT2D eigenvalue weighted by Crippen LogP contribution is 2.06. The van der Waals surface area contributed by atoms with Crippen LogP contribution >= 0.6 is 0 Å². The Balaban J connectivity index is 3.05. The molecular weight excluding hydrogens is 490 g/mol. The number of carboxylic acids is 1. The van der Waals surface area contributed by atoms with Crippen LogP contribution in [0.25, 0.3) is 0 Å². The van der Waals surface area contributed by atoms with Gasteiger partial charge in [-0.25, -0.2) is 9.78 Å². The molecule has 4 unspecified atom stereocenters. The number of unbranched alkanes of at least 4 members (excludes halogenated alkanes) is 1. The lowest BCUT2D eigenvalue weighted by atomic mass is 10.0. The molecular formula is C21H35N9O7. The molecule has 0 aliphatic rings. The van der Waals surface area contributed by atoms with Crippen molar-refractivity contribution < 1.29 is 33.9 Å². The van der Waals surface area contributed by atoms with Gasteiger partial charge >= 0.3 is 5.97 Å². The minimum atomic E-state index is -1.59. The number of nitrogens with zero attached hydrogens (tertiary/aromatic N) is 1. The molecule has 16 nitrogen and oxygen atoms in total. The van der Waals surface area contributed by atoms with Crippen LogP contribution in [-0.4, -0.2) is 81.3 Å². The standard InChI is InChI=1S/C21H35N9O7/c22-6-2-1-3-13(19(34)30-15(21(36)37)8-17(25)32)28-20(35)14(7-11-9-26-10-27-11)29-18(33)12(23)4-5-16(24)31/h9-10,12-15H,1-8,22-23H2,(H2,24,31)(H2,25,32)(H,26,27)(H,28,35)(H,29,33)(H,30,34)(H,36,37). The number of aliphatic carboxylic acids is 1. The van der Waals surface area contributed by atoms with Gasteiger partial charge in [0.05, 0.1) is 18.8 Å². The van der Waals surface area contributed by atoms with Crippen LogP contribution in [0.4, 0.5) is 0 Å². The number of aromatic nitrogens is 2. The lowest BCUT2D eigenvalue weighted by Gasteiger charge is -2.25.